The number of aromatic nitrogens is 6. The van der Waals surface area contributed by atoms with Crippen LogP contribution >= 0.6 is 0 Å². The van der Waals surface area contributed by atoms with Gasteiger partial charge in [0.05, 0.1) is 17.8 Å². The number of rotatable bonds is 9. The average Bonchev–Trinajstić information content (AvgIpc) is 3.70. The molecule has 9 heteroatoms. The molecule has 0 spiro atoms. The third kappa shape index (κ3) is 4.12. The van der Waals surface area contributed by atoms with Crippen molar-refractivity contribution in [3.8, 4) is 22.5 Å². The number of hydrogen-bond acceptors (Lipinski definition) is 6. The lowest BCUT2D eigenvalue weighted by Crippen LogP contribution is -2.75. The van der Waals surface area contributed by atoms with Crippen LogP contribution in [0.3, 0.4) is 0 Å². The minimum atomic E-state index is -0.0713. The van der Waals surface area contributed by atoms with Crippen LogP contribution in [-0.2, 0) is 19.5 Å². The fourth-order valence-corrected chi connectivity index (χ4v) is 7.74. The molecule has 42 heavy (non-hydrogen) atoms. The van der Waals surface area contributed by atoms with Crippen molar-refractivity contribution in [2.45, 2.75) is 103 Å². The Morgan fingerprint density at radius 2 is 1.62 bits per heavy atom. The third-order valence-corrected chi connectivity index (χ3v) is 10.4. The highest BCUT2D eigenvalue weighted by atomic mass is 16.2. The molecule has 2 bridgehead atoms. The topological polar surface area (TPSA) is 95.8 Å². The molecule has 4 aliphatic rings. The molecule has 3 aliphatic heterocycles. The number of unbranched alkanes of at least 4 members (excludes halogenated alkanes) is 1. The molecule has 8 rings (SSSR count). The minimum absolute atomic E-state index is 0.0713. The first kappa shape index (κ1) is 27.0. The number of fused-ring (bicyclic) bond motifs is 3. The molecule has 1 N–H and O–H groups in total. The Bertz CT molecular complexity index is 1580. The number of H-pyrrole nitrogens is 1. The molecule has 2 aromatic carbocycles. The summed E-state index contributed by atoms with van der Waals surface area (Å²) in [6, 6.07) is 16.7. The van der Waals surface area contributed by atoms with Crippen molar-refractivity contribution in [2.75, 3.05) is 0 Å². The molecule has 1 aliphatic carbocycles. The van der Waals surface area contributed by atoms with Gasteiger partial charge in [0.25, 0.3) is 5.91 Å². The maximum absolute atomic E-state index is 14.6. The van der Waals surface area contributed by atoms with Crippen LogP contribution in [0.2, 0.25) is 0 Å². The SMILES string of the molecule is CCCCc1nc2c(n1Cc1ccc(-c3ccccc3-c3nn[nH]n3)cc1)C(=O)N1N(C2)C2(CC)CCC1(CC)CC2. The quantitative estimate of drug-likeness (QED) is 0.261. The van der Waals surface area contributed by atoms with Crippen LogP contribution < -0.4 is 0 Å². The zero-order valence-corrected chi connectivity index (χ0v) is 24.9. The van der Waals surface area contributed by atoms with Crippen LogP contribution in [0.4, 0.5) is 0 Å². The second-order valence-corrected chi connectivity index (χ2v) is 12.3. The van der Waals surface area contributed by atoms with E-state index in [1.54, 1.807) is 0 Å². The van der Waals surface area contributed by atoms with E-state index >= 15 is 0 Å². The van der Waals surface area contributed by atoms with Crippen molar-refractivity contribution in [1.82, 2.24) is 40.2 Å². The maximum Gasteiger partial charge on any atom is 0.287 e. The van der Waals surface area contributed by atoms with E-state index in [4.69, 9.17) is 4.98 Å². The third-order valence-electron chi connectivity index (χ3n) is 10.4. The lowest BCUT2D eigenvalue weighted by molar-refractivity contribution is -0.230. The van der Waals surface area contributed by atoms with Gasteiger partial charge in [0, 0.05) is 24.1 Å². The summed E-state index contributed by atoms with van der Waals surface area (Å²) in [6.07, 6.45) is 9.62. The Morgan fingerprint density at radius 1 is 0.905 bits per heavy atom. The Hall–Kier alpha value is -3.85. The van der Waals surface area contributed by atoms with Gasteiger partial charge in [0.15, 0.2) is 0 Å². The van der Waals surface area contributed by atoms with Gasteiger partial charge in [-0.15, -0.1) is 10.2 Å². The second kappa shape index (κ2) is 10.5. The molecule has 2 saturated heterocycles. The summed E-state index contributed by atoms with van der Waals surface area (Å²) in [7, 11) is 0. The molecule has 0 unspecified atom stereocenters. The van der Waals surface area contributed by atoms with Crippen LogP contribution in [0.1, 0.15) is 99.7 Å². The van der Waals surface area contributed by atoms with Gasteiger partial charge in [0.2, 0.25) is 5.82 Å². The summed E-state index contributed by atoms with van der Waals surface area (Å²) in [5.74, 6) is 1.76. The van der Waals surface area contributed by atoms with Gasteiger partial charge >= 0.3 is 0 Å². The number of imidazole rings is 1. The van der Waals surface area contributed by atoms with E-state index in [-0.39, 0.29) is 17.0 Å². The van der Waals surface area contributed by atoms with E-state index in [1.807, 2.05) is 18.2 Å². The first-order chi connectivity index (χ1) is 20.5. The molecular formula is C33H40N8O. The molecule has 0 atom stereocenters. The predicted molar refractivity (Wildman–Crippen MR) is 161 cm³/mol. The summed E-state index contributed by atoms with van der Waals surface area (Å²) in [5, 5.41) is 19.3. The molecule has 218 valence electrons. The molecule has 0 radical (unpaired) electrons. The van der Waals surface area contributed by atoms with Crippen molar-refractivity contribution in [3.63, 3.8) is 0 Å². The van der Waals surface area contributed by atoms with Crippen LogP contribution in [-0.4, -0.2) is 57.2 Å². The van der Waals surface area contributed by atoms with E-state index in [2.05, 4.69) is 86.3 Å². The number of nitrogens with zero attached hydrogens (tertiary/aromatic N) is 7. The fourth-order valence-electron chi connectivity index (χ4n) is 7.74. The monoisotopic (exact) mass is 564 g/mol. The number of tetrazole rings is 1. The van der Waals surface area contributed by atoms with E-state index in [0.717, 1.165) is 91.0 Å². The highest BCUT2D eigenvalue weighted by Gasteiger charge is 2.60. The highest BCUT2D eigenvalue weighted by molar-refractivity contribution is 5.95. The van der Waals surface area contributed by atoms with Crippen molar-refractivity contribution < 1.29 is 4.79 Å². The van der Waals surface area contributed by atoms with E-state index in [9.17, 15) is 4.79 Å². The van der Waals surface area contributed by atoms with Crippen molar-refractivity contribution in [3.05, 3.63) is 71.3 Å². The second-order valence-electron chi connectivity index (χ2n) is 12.3. The summed E-state index contributed by atoms with van der Waals surface area (Å²) >= 11 is 0. The lowest BCUT2D eigenvalue weighted by Gasteiger charge is -2.66. The van der Waals surface area contributed by atoms with Crippen molar-refractivity contribution >= 4 is 5.91 Å². The van der Waals surface area contributed by atoms with Crippen LogP contribution in [0, 0.1) is 0 Å². The summed E-state index contributed by atoms with van der Waals surface area (Å²) in [6.45, 7) is 8.12. The zero-order chi connectivity index (χ0) is 28.9. The van der Waals surface area contributed by atoms with Crippen LogP contribution in [0.25, 0.3) is 22.5 Å². The smallest absolute Gasteiger partial charge is 0.287 e. The molecule has 1 amide bonds. The Balaban J connectivity index is 1.24. The largest absolute Gasteiger partial charge is 0.319 e. The number of hydrogen-bond donors (Lipinski definition) is 1. The molecule has 5 heterocycles. The van der Waals surface area contributed by atoms with Crippen molar-refractivity contribution in [1.29, 1.82) is 0 Å². The molecule has 2 aromatic heterocycles. The molecule has 9 nitrogen and oxygen atoms in total. The van der Waals surface area contributed by atoms with E-state index in [1.165, 1.54) is 12.8 Å². The van der Waals surface area contributed by atoms with Gasteiger partial charge in [-0.1, -0.05) is 75.7 Å². The Kier molecular flexibility index (Phi) is 6.72. The average molecular weight is 565 g/mol. The van der Waals surface area contributed by atoms with E-state index in [0.29, 0.717) is 12.4 Å². The van der Waals surface area contributed by atoms with Crippen LogP contribution in [0.15, 0.2) is 48.5 Å². The molecular weight excluding hydrogens is 524 g/mol. The standard InChI is InChI=1S/C33H40N8O/c1-4-7-12-28-34-27-22-40-32(5-2)17-19-33(6-3,20-18-32)41(40)31(42)29(27)39(28)21-23-13-15-24(16-14-23)25-10-8-9-11-26(25)30-35-37-38-36-30/h8-11,13-16H,4-7,12,17-22H2,1-3H3,(H,35,36,37,38). The number of hydrazine groups is 1. The summed E-state index contributed by atoms with van der Waals surface area (Å²) < 4.78 is 2.23. The first-order valence-electron chi connectivity index (χ1n) is 15.6. The maximum atomic E-state index is 14.6. The normalized spacial score (nSPS) is 23.3. The fraction of sp³-hybridized carbons (Fsp3) is 0.485. The van der Waals surface area contributed by atoms with Gasteiger partial charge in [-0.3, -0.25) is 9.80 Å². The summed E-state index contributed by atoms with van der Waals surface area (Å²) in [4.78, 5) is 19.7. The van der Waals surface area contributed by atoms with Crippen molar-refractivity contribution in [2.24, 2.45) is 0 Å². The Morgan fingerprint density at radius 3 is 2.29 bits per heavy atom. The predicted octanol–water partition coefficient (Wildman–Crippen LogP) is 6.18. The number of aromatic amines is 1. The Labute approximate surface area is 247 Å². The molecule has 3 fully saturated rings. The lowest BCUT2D eigenvalue weighted by atomic mass is 9.65. The van der Waals surface area contributed by atoms with E-state index < -0.39 is 0 Å². The number of carbonyl (C=O) groups excluding carboxylic acids is 1. The minimum Gasteiger partial charge on any atom is -0.319 e. The summed E-state index contributed by atoms with van der Waals surface area (Å²) in [5.41, 5.74) is 5.99. The molecule has 1 saturated carbocycles. The van der Waals surface area contributed by atoms with Crippen LogP contribution in [0.5, 0.6) is 0 Å². The number of aryl methyl sites for hydroxylation is 1. The number of carbonyl (C=O) groups is 1. The van der Waals surface area contributed by atoms with Gasteiger partial charge < -0.3 is 4.57 Å². The number of benzene rings is 2. The number of nitrogens with one attached hydrogen (secondary N) is 1. The molecule has 4 aromatic rings. The zero-order valence-electron chi connectivity index (χ0n) is 24.9. The van der Waals surface area contributed by atoms with Gasteiger partial charge in [-0.05, 0) is 66.8 Å². The van der Waals surface area contributed by atoms with Gasteiger partial charge in [0.1, 0.15) is 11.5 Å². The number of amides is 1. The van der Waals surface area contributed by atoms with Gasteiger partial charge in [-0.25, -0.2) is 9.99 Å². The van der Waals surface area contributed by atoms with Gasteiger partial charge in [-0.2, -0.15) is 5.21 Å². The highest BCUT2D eigenvalue weighted by Crippen LogP contribution is 2.54. The first-order valence-corrected chi connectivity index (χ1v) is 15.6.